The van der Waals surface area contributed by atoms with Crippen molar-refractivity contribution in [2.45, 2.75) is 32.2 Å². The third-order valence-electron chi connectivity index (χ3n) is 3.15. The summed E-state index contributed by atoms with van der Waals surface area (Å²) in [6.45, 7) is 3.12. The average molecular weight is 267 g/mol. The standard InChI is InChI=1S/C13H18FN3O2/c1-9-7-12(13(17(18)19)8-11(9)14)16-6-2-5-15-10-3-4-10/h7-8,10,15-16H,2-6H2,1H3. The monoisotopic (exact) mass is 267 g/mol. The fraction of sp³-hybridized carbons (Fsp3) is 0.538. The highest BCUT2D eigenvalue weighted by atomic mass is 19.1. The van der Waals surface area contributed by atoms with Crippen LogP contribution in [0.4, 0.5) is 15.8 Å². The molecule has 1 aliphatic rings. The second-order valence-electron chi connectivity index (χ2n) is 4.88. The van der Waals surface area contributed by atoms with Gasteiger partial charge in [0.15, 0.2) is 0 Å². The first kappa shape index (κ1) is 13.7. The molecule has 19 heavy (non-hydrogen) atoms. The SMILES string of the molecule is Cc1cc(NCCCNC2CC2)c([N+](=O)[O-])cc1F. The fourth-order valence-corrected chi connectivity index (χ4v) is 1.87. The van der Waals surface area contributed by atoms with E-state index in [4.69, 9.17) is 0 Å². The molecule has 1 aromatic carbocycles. The van der Waals surface area contributed by atoms with Crippen molar-refractivity contribution in [3.8, 4) is 0 Å². The number of nitrogens with zero attached hydrogens (tertiary/aromatic N) is 1. The Morgan fingerprint density at radius 1 is 1.42 bits per heavy atom. The Kier molecular flexibility index (Phi) is 4.31. The van der Waals surface area contributed by atoms with Crippen molar-refractivity contribution in [1.29, 1.82) is 0 Å². The molecule has 5 nitrogen and oxygen atoms in total. The lowest BCUT2D eigenvalue weighted by molar-refractivity contribution is -0.384. The minimum atomic E-state index is -0.562. The summed E-state index contributed by atoms with van der Waals surface area (Å²) in [7, 11) is 0. The van der Waals surface area contributed by atoms with Gasteiger partial charge in [-0.2, -0.15) is 0 Å². The van der Waals surface area contributed by atoms with Gasteiger partial charge in [-0.1, -0.05) is 0 Å². The number of nitrogens with one attached hydrogen (secondary N) is 2. The largest absolute Gasteiger partial charge is 0.379 e. The van der Waals surface area contributed by atoms with Gasteiger partial charge in [0.05, 0.1) is 11.0 Å². The maximum atomic E-state index is 13.3. The summed E-state index contributed by atoms with van der Waals surface area (Å²) < 4.78 is 13.3. The second-order valence-corrected chi connectivity index (χ2v) is 4.88. The van der Waals surface area contributed by atoms with E-state index in [9.17, 15) is 14.5 Å². The molecule has 0 heterocycles. The van der Waals surface area contributed by atoms with Crippen LogP contribution in [0.15, 0.2) is 12.1 Å². The molecule has 2 N–H and O–H groups in total. The highest BCUT2D eigenvalue weighted by Gasteiger charge is 2.19. The van der Waals surface area contributed by atoms with E-state index >= 15 is 0 Å². The normalized spacial score (nSPS) is 14.4. The van der Waals surface area contributed by atoms with Crippen LogP contribution in [0, 0.1) is 22.9 Å². The number of hydrogen-bond donors (Lipinski definition) is 2. The third-order valence-corrected chi connectivity index (χ3v) is 3.15. The molecule has 1 aliphatic carbocycles. The molecular formula is C13H18FN3O2. The molecule has 0 saturated heterocycles. The zero-order chi connectivity index (χ0) is 13.8. The number of rotatable bonds is 7. The van der Waals surface area contributed by atoms with Gasteiger partial charge in [-0.3, -0.25) is 10.1 Å². The van der Waals surface area contributed by atoms with Gasteiger partial charge in [0.2, 0.25) is 0 Å². The third kappa shape index (κ3) is 3.89. The molecule has 0 aliphatic heterocycles. The zero-order valence-electron chi connectivity index (χ0n) is 10.9. The van der Waals surface area contributed by atoms with Crippen molar-refractivity contribution in [2.24, 2.45) is 0 Å². The molecule has 1 saturated carbocycles. The van der Waals surface area contributed by atoms with Gasteiger partial charge >= 0.3 is 0 Å². The first-order valence-corrected chi connectivity index (χ1v) is 6.49. The van der Waals surface area contributed by atoms with E-state index in [0.29, 0.717) is 23.8 Å². The molecular weight excluding hydrogens is 249 g/mol. The van der Waals surface area contributed by atoms with Crippen LogP contribution in [0.5, 0.6) is 0 Å². The molecule has 1 aromatic rings. The van der Waals surface area contributed by atoms with Crippen LogP contribution in [0.25, 0.3) is 0 Å². The maximum Gasteiger partial charge on any atom is 0.295 e. The molecule has 0 aromatic heterocycles. The lowest BCUT2D eigenvalue weighted by Gasteiger charge is -2.09. The molecule has 6 heteroatoms. The summed E-state index contributed by atoms with van der Waals surface area (Å²) in [5, 5.41) is 17.2. The Morgan fingerprint density at radius 2 is 2.16 bits per heavy atom. The van der Waals surface area contributed by atoms with E-state index in [1.165, 1.54) is 18.9 Å². The fourth-order valence-electron chi connectivity index (χ4n) is 1.87. The number of nitro groups is 1. The number of halogens is 1. The van der Waals surface area contributed by atoms with Gasteiger partial charge in [-0.25, -0.2) is 4.39 Å². The van der Waals surface area contributed by atoms with Crippen LogP contribution in [-0.2, 0) is 0 Å². The summed E-state index contributed by atoms with van der Waals surface area (Å²) >= 11 is 0. The molecule has 104 valence electrons. The van der Waals surface area contributed by atoms with Crippen LogP contribution < -0.4 is 10.6 Å². The second kappa shape index (κ2) is 5.97. The van der Waals surface area contributed by atoms with Gasteiger partial charge in [0.25, 0.3) is 5.69 Å². The van der Waals surface area contributed by atoms with Gasteiger partial charge < -0.3 is 10.6 Å². The summed E-state index contributed by atoms with van der Waals surface area (Å²) in [6.07, 6.45) is 3.37. The van der Waals surface area contributed by atoms with E-state index in [0.717, 1.165) is 19.0 Å². The molecule has 1 fully saturated rings. The van der Waals surface area contributed by atoms with Crippen molar-refractivity contribution in [3.63, 3.8) is 0 Å². The molecule has 0 atom stereocenters. The van der Waals surface area contributed by atoms with E-state index in [-0.39, 0.29) is 5.69 Å². The van der Waals surface area contributed by atoms with Gasteiger partial charge in [0, 0.05) is 12.6 Å². The van der Waals surface area contributed by atoms with E-state index in [1.807, 2.05) is 0 Å². The quantitative estimate of drug-likeness (QED) is 0.452. The van der Waals surface area contributed by atoms with Crippen molar-refractivity contribution in [1.82, 2.24) is 5.32 Å². The van der Waals surface area contributed by atoms with Gasteiger partial charge in [-0.05, 0) is 44.4 Å². The van der Waals surface area contributed by atoms with E-state index in [2.05, 4.69) is 10.6 Å². The lowest BCUT2D eigenvalue weighted by atomic mass is 10.1. The van der Waals surface area contributed by atoms with Crippen LogP contribution in [0.3, 0.4) is 0 Å². The minimum absolute atomic E-state index is 0.210. The van der Waals surface area contributed by atoms with Crippen molar-refractivity contribution >= 4 is 11.4 Å². The first-order valence-electron chi connectivity index (χ1n) is 6.49. The minimum Gasteiger partial charge on any atom is -0.379 e. The number of nitro benzene ring substituents is 1. The number of hydrogen-bond acceptors (Lipinski definition) is 4. The molecule has 0 bridgehead atoms. The zero-order valence-corrected chi connectivity index (χ0v) is 10.9. The summed E-state index contributed by atoms with van der Waals surface area (Å²) in [5.74, 6) is -0.548. The Bertz CT molecular complexity index is 475. The maximum absolute atomic E-state index is 13.3. The average Bonchev–Trinajstić information content (AvgIpc) is 3.16. The molecule has 2 rings (SSSR count). The van der Waals surface area contributed by atoms with Crippen LogP contribution in [0.2, 0.25) is 0 Å². The lowest BCUT2D eigenvalue weighted by Crippen LogP contribution is -2.20. The highest BCUT2D eigenvalue weighted by Crippen LogP contribution is 2.27. The predicted molar refractivity (Wildman–Crippen MR) is 71.9 cm³/mol. The number of aryl methyl sites for hydroxylation is 1. The molecule has 0 spiro atoms. The molecule has 0 radical (unpaired) electrons. The Balaban J connectivity index is 1.89. The van der Waals surface area contributed by atoms with Gasteiger partial charge in [0.1, 0.15) is 11.5 Å². The molecule has 0 amide bonds. The van der Waals surface area contributed by atoms with Crippen LogP contribution in [-0.4, -0.2) is 24.1 Å². The molecule has 0 unspecified atom stereocenters. The van der Waals surface area contributed by atoms with Crippen molar-refractivity contribution in [3.05, 3.63) is 33.6 Å². The van der Waals surface area contributed by atoms with Crippen molar-refractivity contribution < 1.29 is 9.31 Å². The Hall–Kier alpha value is -1.69. The topological polar surface area (TPSA) is 67.2 Å². The smallest absolute Gasteiger partial charge is 0.295 e. The predicted octanol–water partition coefficient (Wildman–Crippen LogP) is 2.60. The summed E-state index contributed by atoms with van der Waals surface area (Å²) in [6, 6.07) is 3.13. The van der Waals surface area contributed by atoms with Crippen molar-refractivity contribution in [2.75, 3.05) is 18.4 Å². The van der Waals surface area contributed by atoms with Crippen LogP contribution in [0.1, 0.15) is 24.8 Å². The number of benzene rings is 1. The van der Waals surface area contributed by atoms with E-state index in [1.54, 1.807) is 6.92 Å². The van der Waals surface area contributed by atoms with Crippen LogP contribution >= 0.6 is 0 Å². The summed E-state index contributed by atoms with van der Waals surface area (Å²) in [5.41, 5.74) is 0.581. The first-order chi connectivity index (χ1) is 9.08. The Labute approximate surface area is 111 Å². The van der Waals surface area contributed by atoms with Gasteiger partial charge in [-0.15, -0.1) is 0 Å². The summed E-state index contributed by atoms with van der Waals surface area (Å²) in [4.78, 5) is 10.3. The Morgan fingerprint density at radius 3 is 2.79 bits per heavy atom. The number of anilines is 1. The highest BCUT2D eigenvalue weighted by molar-refractivity contribution is 5.63. The van der Waals surface area contributed by atoms with E-state index < -0.39 is 10.7 Å².